The number of unbranched alkanes of at least 4 members (excludes halogenated alkanes) is 8. The highest BCUT2D eigenvalue weighted by molar-refractivity contribution is 6.18. The fraction of sp³-hybridized carbons (Fsp3) is 0.538. The molecule has 0 saturated heterocycles. The van der Waals surface area contributed by atoms with Gasteiger partial charge in [0.2, 0.25) is 0 Å². The van der Waals surface area contributed by atoms with E-state index in [1.54, 1.807) is 6.07 Å². The quantitative estimate of drug-likeness (QED) is 0.251. The highest BCUT2D eigenvalue weighted by Crippen LogP contribution is 2.39. The summed E-state index contributed by atoms with van der Waals surface area (Å²) in [6, 6.07) is 3.91. The summed E-state index contributed by atoms with van der Waals surface area (Å²) in [7, 11) is 0. The molecule has 1 heterocycles. The average molecular weight is 484 g/mol. The van der Waals surface area contributed by atoms with Gasteiger partial charge in [-0.25, -0.2) is 14.4 Å². The molecular weight excluding hydrogens is 450 g/mol. The summed E-state index contributed by atoms with van der Waals surface area (Å²) < 4.78 is 5.11. The molecule has 0 aliphatic carbocycles. The minimum Gasteiger partial charge on any atom is -0.478 e. The number of esters is 1. The van der Waals surface area contributed by atoms with Crippen molar-refractivity contribution in [3.05, 3.63) is 34.4 Å². The van der Waals surface area contributed by atoms with Crippen LogP contribution in [-0.2, 0) is 10.4 Å². The van der Waals surface area contributed by atoms with Gasteiger partial charge in [-0.15, -0.1) is 0 Å². The Morgan fingerprint density at radius 3 is 2.06 bits per heavy atom. The van der Waals surface area contributed by atoms with Crippen molar-refractivity contribution >= 4 is 30.3 Å². The monoisotopic (exact) mass is 483 g/mol. The maximum absolute atomic E-state index is 13.0. The van der Waals surface area contributed by atoms with E-state index in [4.69, 9.17) is 10.00 Å². The lowest BCUT2D eigenvalue weighted by Gasteiger charge is -2.27. The van der Waals surface area contributed by atoms with E-state index in [1.165, 1.54) is 57.5 Å². The average Bonchev–Trinajstić information content (AvgIpc) is 3.31. The number of aliphatic imine (C=N–C) groups is 2. The molecule has 0 aromatic heterocycles. The molecule has 0 bridgehead atoms. The van der Waals surface area contributed by atoms with Crippen molar-refractivity contribution in [1.82, 2.24) is 0 Å². The van der Waals surface area contributed by atoms with E-state index in [0.717, 1.165) is 25.3 Å². The summed E-state index contributed by atoms with van der Waals surface area (Å²) in [5.74, 6) is -3.87. The third-order valence-corrected chi connectivity index (χ3v) is 5.99. The first-order valence-corrected chi connectivity index (χ1v) is 12.1. The maximum atomic E-state index is 13.0. The number of carboxylic acids is 2. The molecule has 0 radical (unpaired) electrons. The normalized spacial score (nSPS) is 14.4. The second kappa shape index (κ2) is 13.4. The van der Waals surface area contributed by atoms with Crippen LogP contribution < -0.4 is 0 Å². The Bertz CT molecular complexity index is 1010. The van der Waals surface area contributed by atoms with E-state index < -0.39 is 35.2 Å². The van der Waals surface area contributed by atoms with Crippen molar-refractivity contribution in [2.75, 3.05) is 0 Å². The summed E-state index contributed by atoms with van der Waals surface area (Å²) in [4.78, 5) is 45.6. The fourth-order valence-corrected chi connectivity index (χ4v) is 4.15. The molecule has 188 valence electrons. The van der Waals surface area contributed by atoms with Gasteiger partial charge < -0.3 is 14.9 Å². The molecule has 1 atom stereocenters. The smallest absolute Gasteiger partial charge is 0.340 e. The van der Waals surface area contributed by atoms with Gasteiger partial charge in [0.05, 0.1) is 16.7 Å². The van der Waals surface area contributed by atoms with Gasteiger partial charge in [0.15, 0.2) is 11.8 Å². The van der Waals surface area contributed by atoms with Gasteiger partial charge >= 0.3 is 17.9 Å². The van der Waals surface area contributed by atoms with E-state index in [0.29, 0.717) is 12.8 Å². The Hall–Kier alpha value is -3.54. The zero-order chi connectivity index (χ0) is 25.8. The summed E-state index contributed by atoms with van der Waals surface area (Å²) in [5, 5.41) is 28.4. The van der Waals surface area contributed by atoms with Crippen LogP contribution in [0.1, 0.15) is 115 Å². The number of benzene rings is 1. The van der Waals surface area contributed by atoms with Crippen LogP contribution in [0, 0.1) is 11.3 Å². The Morgan fingerprint density at radius 2 is 1.54 bits per heavy atom. The fourth-order valence-electron chi connectivity index (χ4n) is 4.15. The number of hydrogen-bond acceptors (Lipinski definition) is 7. The van der Waals surface area contributed by atoms with Crippen molar-refractivity contribution in [2.45, 2.75) is 89.8 Å². The number of hydrogen-bond donors (Lipinski definition) is 2. The SMILES string of the molecule is CCCCCCCCCCCC1(c2cc(C(=O)O)cc(C(=O)O)c2C(=O)OC(C)C#N)N=CC=N1. The maximum Gasteiger partial charge on any atom is 0.340 e. The molecule has 1 aromatic carbocycles. The first kappa shape index (κ1) is 27.7. The molecule has 2 N–H and O–H groups in total. The summed E-state index contributed by atoms with van der Waals surface area (Å²) >= 11 is 0. The number of carbonyl (C=O) groups excluding carboxylic acids is 1. The highest BCUT2D eigenvalue weighted by atomic mass is 16.5. The lowest BCUT2D eigenvalue weighted by molar-refractivity contribution is 0.0422. The lowest BCUT2D eigenvalue weighted by Crippen LogP contribution is -2.27. The zero-order valence-electron chi connectivity index (χ0n) is 20.3. The molecule has 1 aliphatic rings. The number of aromatic carboxylic acids is 2. The second-order valence-electron chi connectivity index (χ2n) is 8.68. The molecule has 1 aliphatic heterocycles. The van der Waals surface area contributed by atoms with Crippen molar-refractivity contribution in [3.63, 3.8) is 0 Å². The van der Waals surface area contributed by atoms with Crippen molar-refractivity contribution < 1.29 is 29.3 Å². The molecule has 9 heteroatoms. The Balaban J connectivity index is 2.34. The summed E-state index contributed by atoms with van der Waals surface area (Å²) in [5.41, 5.74) is -2.45. The topological polar surface area (TPSA) is 149 Å². The molecule has 1 unspecified atom stereocenters. The first-order valence-electron chi connectivity index (χ1n) is 12.1. The number of nitriles is 1. The van der Waals surface area contributed by atoms with Crippen molar-refractivity contribution in [2.24, 2.45) is 9.98 Å². The molecule has 0 fully saturated rings. The molecule has 35 heavy (non-hydrogen) atoms. The van der Waals surface area contributed by atoms with Gasteiger partial charge in [-0.3, -0.25) is 9.98 Å². The van der Waals surface area contributed by atoms with E-state index in [2.05, 4.69) is 16.9 Å². The molecule has 0 saturated carbocycles. The Morgan fingerprint density at radius 1 is 0.971 bits per heavy atom. The number of carboxylic acid groups (broad SMARTS) is 2. The molecule has 9 nitrogen and oxygen atoms in total. The third-order valence-electron chi connectivity index (χ3n) is 5.99. The first-order chi connectivity index (χ1) is 16.8. The number of carbonyl (C=O) groups is 3. The van der Waals surface area contributed by atoms with Crippen LogP contribution in [-0.4, -0.2) is 46.7 Å². The molecule has 2 rings (SSSR count). The molecular formula is C26H33N3O6. The minimum atomic E-state index is -1.49. The van der Waals surface area contributed by atoms with Crippen molar-refractivity contribution in [3.8, 4) is 6.07 Å². The van der Waals surface area contributed by atoms with Gasteiger partial charge in [-0.2, -0.15) is 5.26 Å². The van der Waals surface area contributed by atoms with Gasteiger partial charge in [0.1, 0.15) is 6.07 Å². The van der Waals surface area contributed by atoms with Crippen molar-refractivity contribution in [1.29, 1.82) is 5.26 Å². The summed E-state index contributed by atoms with van der Waals surface area (Å²) in [6.45, 7) is 3.54. The summed E-state index contributed by atoms with van der Waals surface area (Å²) in [6.07, 6.45) is 12.0. The third kappa shape index (κ3) is 7.47. The van der Waals surface area contributed by atoms with E-state index in [9.17, 15) is 24.6 Å². The van der Waals surface area contributed by atoms with Crippen LogP contribution in [0.25, 0.3) is 0 Å². The number of ether oxygens (including phenoxy) is 1. The van der Waals surface area contributed by atoms with Crippen LogP contribution in [0.15, 0.2) is 22.1 Å². The van der Waals surface area contributed by atoms with E-state index >= 15 is 0 Å². The van der Waals surface area contributed by atoms with E-state index in [-0.39, 0.29) is 16.7 Å². The predicted octanol–water partition coefficient (Wildman–Crippen LogP) is 5.38. The van der Waals surface area contributed by atoms with Gasteiger partial charge in [0, 0.05) is 18.0 Å². The van der Waals surface area contributed by atoms with Crippen LogP contribution in [0.4, 0.5) is 0 Å². The Kier molecular flexibility index (Phi) is 10.6. The molecule has 0 spiro atoms. The van der Waals surface area contributed by atoms with Crippen LogP contribution >= 0.6 is 0 Å². The number of nitrogens with zero attached hydrogens (tertiary/aromatic N) is 3. The van der Waals surface area contributed by atoms with Gasteiger partial charge in [0.25, 0.3) is 0 Å². The van der Waals surface area contributed by atoms with Crippen LogP contribution in [0.5, 0.6) is 0 Å². The van der Waals surface area contributed by atoms with E-state index in [1.807, 2.05) is 0 Å². The predicted molar refractivity (Wildman–Crippen MR) is 131 cm³/mol. The standard InChI is InChI=1S/C26H33N3O6/c1-3-4-5-6-7-8-9-10-11-12-26(28-13-14-29-26)21-16-19(23(30)31)15-20(24(32)33)22(21)25(34)35-18(2)17-27/h13-16,18H,3-12H2,1-2H3,(H,30,31)(H,32,33). The Labute approximate surface area is 205 Å². The molecule has 0 amide bonds. The largest absolute Gasteiger partial charge is 0.478 e. The van der Waals surface area contributed by atoms with Gasteiger partial charge in [-0.1, -0.05) is 58.3 Å². The van der Waals surface area contributed by atoms with Gasteiger partial charge in [-0.05, 0) is 31.9 Å². The lowest BCUT2D eigenvalue weighted by atomic mass is 9.86. The zero-order valence-corrected chi connectivity index (χ0v) is 20.3. The molecule has 1 aromatic rings. The van der Waals surface area contributed by atoms with Crippen LogP contribution in [0.2, 0.25) is 0 Å². The highest BCUT2D eigenvalue weighted by Gasteiger charge is 2.39. The number of rotatable bonds is 15. The van der Waals surface area contributed by atoms with Crippen LogP contribution in [0.3, 0.4) is 0 Å². The minimum absolute atomic E-state index is 0.0505. The second-order valence-corrected chi connectivity index (χ2v) is 8.68.